The van der Waals surface area contributed by atoms with Crippen molar-refractivity contribution in [2.75, 3.05) is 26.5 Å². The zero-order valence-electron chi connectivity index (χ0n) is 25.4. The van der Waals surface area contributed by atoms with E-state index < -0.39 is 35.7 Å². The van der Waals surface area contributed by atoms with Crippen LogP contribution in [0.25, 0.3) is 0 Å². The number of hydrogen-bond donors (Lipinski definition) is 2. The summed E-state index contributed by atoms with van der Waals surface area (Å²) in [7, 11) is 0. The van der Waals surface area contributed by atoms with Crippen LogP contribution in [0.5, 0.6) is 11.5 Å². The molecule has 4 atom stereocenters. The molecule has 1 saturated carbocycles. The van der Waals surface area contributed by atoms with Crippen LogP contribution in [0.15, 0.2) is 23.8 Å². The Morgan fingerprint density at radius 2 is 1.83 bits per heavy atom. The zero-order chi connectivity index (χ0) is 29.9. The largest absolute Gasteiger partial charge is 0.465 e. The van der Waals surface area contributed by atoms with Crippen LogP contribution in [-0.4, -0.2) is 76.4 Å². The van der Waals surface area contributed by atoms with Gasteiger partial charge in [-0.05, 0) is 108 Å². The van der Waals surface area contributed by atoms with Crippen molar-refractivity contribution in [1.82, 2.24) is 4.90 Å². The molecule has 1 aromatic carbocycles. The predicted octanol–water partition coefficient (Wildman–Crippen LogP) is 4.17. The summed E-state index contributed by atoms with van der Waals surface area (Å²) in [4.78, 5) is 29.4. The Balaban J connectivity index is 1.28. The SMILES string of the molecule is CC1=CC23CCCN2CCc2cc4c(cc2[C@@H]3C1OC(=O)[C@@](O)(CCCC(C)(C)O)CC(=O)OCC1(C)CC1)OCO4. The van der Waals surface area contributed by atoms with Crippen LogP contribution in [0.4, 0.5) is 0 Å². The van der Waals surface area contributed by atoms with Crippen molar-refractivity contribution >= 4 is 11.9 Å². The first-order valence-electron chi connectivity index (χ1n) is 15.5. The van der Waals surface area contributed by atoms with E-state index in [4.69, 9.17) is 18.9 Å². The summed E-state index contributed by atoms with van der Waals surface area (Å²) in [5, 5.41) is 22.0. The lowest BCUT2D eigenvalue weighted by Gasteiger charge is -2.40. The monoisotopic (exact) mass is 583 g/mol. The van der Waals surface area contributed by atoms with Crippen molar-refractivity contribution in [2.45, 2.75) is 114 Å². The summed E-state index contributed by atoms with van der Waals surface area (Å²) in [6.07, 6.45) is 6.67. The van der Waals surface area contributed by atoms with Crippen molar-refractivity contribution in [3.8, 4) is 11.5 Å². The van der Waals surface area contributed by atoms with Gasteiger partial charge in [0.1, 0.15) is 6.10 Å². The highest BCUT2D eigenvalue weighted by molar-refractivity contribution is 5.86. The molecular weight excluding hydrogens is 538 g/mol. The molecule has 2 N–H and O–H groups in total. The van der Waals surface area contributed by atoms with E-state index in [0.29, 0.717) is 18.6 Å². The van der Waals surface area contributed by atoms with Crippen LogP contribution in [0.2, 0.25) is 0 Å². The Labute approximate surface area is 248 Å². The molecule has 0 bridgehead atoms. The topological polar surface area (TPSA) is 115 Å². The number of benzene rings is 1. The molecule has 2 unspecified atom stereocenters. The molecule has 5 aliphatic rings. The minimum absolute atomic E-state index is 0.00968. The summed E-state index contributed by atoms with van der Waals surface area (Å²) >= 11 is 0. The number of rotatable bonds is 10. The van der Waals surface area contributed by atoms with E-state index in [-0.39, 0.29) is 36.7 Å². The molecule has 1 aromatic rings. The van der Waals surface area contributed by atoms with Gasteiger partial charge in [0.05, 0.1) is 24.2 Å². The summed E-state index contributed by atoms with van der Waals surface area (Å²) in [6, 6.07) is 4.11. The second-order valence-corrected chi connectivity index (χ2v) is 14.3. The summed E-state index contributed by atoms with van der Waals surface area (Å²) in [5.74, 6) is -0.187. The fourth-order valence-electron chi connectivity index (χ4n) is 7.40. The first-order valence-corrected chi connectivity index (χ1v) is 15.5. The highest BCUT2D eigenvalue weighted by Crippen LogP contribution is 2.55. The predicted molar refractivity (Wildman–Crippen MR) is 154 cm³/mol. The van der Waals surface area contributed by atoms with Crippen molar-refractivity contribution in [2.24, 2.45) is 5.41 Å². The fourth-order valence-corrected chi connectivity index (χ4v) is 7.40. The minimum atomic E-state index is -2.07. The van der Waals surface area contributed by atoms with Gasteiger partial charge >= 0.3 is 11.9 Å². The van der Waals surface area contributed by atoms with E-state index in [2.05, 4.69) is 24.0 Å². The second kappa shape index (κ2) is 10.5. The zero-order valence-corrected chi connectivity index (χ0v) is 25.4. The Morgan fingerprint density at radius 3 is 2.55 bits per heavy atom. The van der Waals surface area contributed by atoms with Crippen molar-refractivity contribution in [3.05, 3.63) is 34.9 Å². The minimum Gasteiger partial charge on any atom is -0.465 e. The van der Waals surface area contributed by atoms with E-state index in [9.17, 15) is 19.8 Å². The van der Waals surface area contributed by atoms with Crippen LogP contribution in [0.1, 0.15) is 96.1 Å². The van der Waals surface area contributed by atoms with E-state index in [1.165, 1.54) is 0 Å². The quantitative estimate of drug-likeness (QED) is 0.309. The Bertz CT molecular complexity index is 1280. The number of esters is 2. The number of nitrogens with zero attached hydrogens (tertiary/aromatic N) is 1. The molecular formula is C33H45NO8. The fraction of sp³-hybridized carbons (Fsp3) is 0.697. The highest BCUT2D eigenvalue weighted by atomic mass is 16.7. The third-order valence-electron chi connectivity index (χ3n) is 10.1. The number of hydrogen-bond acceptors (Lipinski definition) is 9. The Morgan fingerprint density at radius 1 is 1.10 bits per heavy atom. The molecule has 42 heavy (non-hydrogen) atoms. The van der Waals surface area contributed by atoms with Crippen molar-refractivity contribution in [3.63, 3.8) is 0 Å². The van der Waals surface area contributed by atoms with E-state index in [1.54, 1.807) is 13.8 Å². The standard InChI is InChI=1S/C33H45NO8/c1-21-17-32-9-6-13-34(32)14-7-22-15-24-25(41-20-40-24)16-23(22)27(32)28(21)42-29(36)33(38,10-5-8-30(2,3)37)18-26(35)39-19-31(4)11-12-31/h15-17,27-28,37-38H,5-14,18-20H2,1-4H3/t27-,28?,32?,33-/m1/s1. The van der Waals surface area contributed by atoms with Crippen LogP contribution in [-0.2, 0) is 25.5 Å². The first-order chi connectivity index (χ1) is 19.8. The molecule has 3 aliphatic heterocycles. The smallest absolute Gasteiger partial charge is 0.339 e. The lowest BCUT2D eigenvalue weighted by molar-refractivity contribution is -0.178. The van der Waals surface area contributed by atoms with E-state index in [1.807, 2.05) is 13.0 Å². The highest BCUT2D eigenvalue weighted by Gasteiger charge is 2.57. The maximum absolute atomic E-state index is 14.0. The van der Waals surface area contributed by atoms with Crippen LogP contribution < -0.4 is 9.47 Å². The molecule has 9 nitrogen and oxygen atoms in total. The average Bonchev–Trinajstić information content (AvgIpc) is 3.20. The van der Waals surface area contributed by atoms with Crippen molar-refractivity contribution in [1.29, 1.82) is 0 Å². The van der Waals surface area contributed by atoms with E-state index >= 15 is 0 Å². The maximum atomic E-state index is 14.0. The van der Waals surface area contributed by atoms with Crippen LogP contribution in [0.3, 0.4) is 0 Å². The first kappa shape index (κ1) is 29.5. The molecule has 0 amide bonds. The van der Waals surface area contributed by atoms with Gasteiger partial charge in [0.15, 0.2) is 17.1 Å². The van der Waals surface area contributed by atoms with Gasteiger partial charge in [0.25, 0.3) is 0 Å². The Hall–Kier alpha value is -2.62. The number of fused-ring (bicyclic) bond motifs is 3. The molecule has 3 heterocycles. The summed E-state index contributed by atoms with van der Waals surface area (Å²) in [6.45, 7) is 9.72. The molecule has 2 fully saturated rings. The van der Waals surface area contributed by atoms with Gasteiger partial charge in [-0.15, -0.1) is 0 Å². The molecule has 0 aromatic heterocycles. The number of aliphatic hydroxyl groups is 2. The third kappa shape index (κ3) is 5.55. The molecule has 6 rings (SSSR count). The number of ether oxygens (including phenoxy) is 4. The van der Waals surface area contributed by atoms with E-state index in [0.717, 1.165) is 67.6 Å². The van der Waals surface area contributed by atoms with Gasteiger partial charge in [-0.3, -0.25) is 9.69 Å². The number of carbonyl (C=O) groups is 2. The summed E-state index contributed by atoms with van der Waals surface area (Å²) < 4.78 is 23.2. The van der Waals surface area contributed by atoms with Gasteiger partial charge < -0.3 is 29.2 Å². The second-order valence-electron chi connectivity index (χ2n) is 14.3. The molecule has 1 spiro atoms. The van der Waals surface area contributed by atoms with Gasteiger partial charge in [-0.2, -0.15) is 0 Å². The third-order valence-corrected chi connectivity index (χ3v) is 10.1. The average molecular weight is 584 g/mol. The normalized spacial score (nSPS) is 28.6. The molecule has 9 heteroatoms. The lowest BCUT2D eigenvalue weighted by Crippen LogP contribution is -2.49. The number of carbonyl (C=O) groups excluding carboxylic acids is 2. The van der Waals surface area contributed by atoms with Gasteiger partial charge in [-0.25, -0.2) is 4.79 Å². The van der Waals surface area contributed by atoms with Crippen LogP contribution in [0, 0.1) is 5.41 Å². The summed E-state index contributed by atoms with van der Waals surface area (Å²) in [5.41, 5.74) is -0.174. The van der Waals surface area contributed by atoms with Gasteiger partial charge in [0, 0.05) is 17.9 Å². The molecule has 1 saturated heterocycles. The van der Waals surface area contributed by atoms with Gasteiger partial charge in [0.2, 0.25) is 6.79 Å². The maximum Gasteiger partial charge on any atom is 0.339 e. The van der Waals surface area contributed by atoms with Gasteiger partial charge in [-0.1, -0.05) is 13.0 Å². The molecule has 2 aliphatic carbocycles. The molecule has 0 radical (unpaired) electrons. The Kier molecular flexibility index (Phi) is 7.38. The van der Waals surface area contributed by atoms with Crippen LogP contribution >= 0.6 is 0 Å². The van der Waals surface area contributed by atoms with Crippen molar-refractivity contribution < 1.29 is 38.7 Å². The molecule has 230 valence electrons. The lowest BCUT2D eigenvalue weighted by atomic mass is 9.77.